The van der Waals surface area contributed by atoms with Crippen molar-refractivity contribution in [3.63, 3.8) is 0 Å². The maximum atomic E-state index is 13.1. The summed E-state index contributed by atoms with van der Waals surface area (Å²) in [6.07, 6.45) is 1.84. The molecule has 1 aliphatic rings. The Balaban J connectivity index is 1.81. The first-order valence-corrected chi connectivity index (χ1v) is 6.92. The van der Waals surface area contributed by atoms with Crippen molar-refractivity contribution >= 4 is 5.96 Å². The van der Waals surface area contributed by atoms with E-state index in [2.05, 4.69) is 10.3 Å². The third-order valence-corrected chi connectivity index (χ3v) is 3.57. The highest BCUT2D eigenvalue weighted by Crippen LogP contribution is 2.38. The minimum Gasteiger partial charge on any atom is -0.383 e. The van der Waals surface area contributed by atoms with E-state index in [-0.39, 0.29) is 17.9 Å². The van der Waals surface area contributed by atoms with Gasteiger partial charge in [-0.15, -0.1) is 0 Å². The Labute approximate surface area is 119 Å². The van der Waals surface area contributed by atoms with Gasteiger partial charge in [-0.3, -0.25) is 4.99 Å². The summed E-state index contributed by atoms with van der Waals surface area (Å²) >= 11 is 0. The Morgan fingerprint density at radius 3 is 2.95 bits per heavy atom. The molecule has 0 aromatic heterocycles. The number of nitrogens with one attached hydrogen (secondary N) is 1. The zero-order chi connectivity index (χ0) is 14.5. The van der Waals surface area contributed by atoms with Crippen molar-refractivity contribution < 1.29 is 9.13 Å². The number of nitrogens with two attached hydrogens (primary N) is 1. The molecule has 0 saturated heterocycles. The molecular weight excluding hydrogens is 257 g/mol. The zero-order valence-electron chi connectivity index (χ0n) is 12.0. The normalized spacial score (nSPS) is 24.1. The second-order valence-corrected chi connectivity index (χ2v) is 5.39. The maximum Gasteiger partial charge on any atom is 0.189 e. The van der Waals surface area contributed by atoms with Gasteiger partial charge in [0.15, 0.2) is 5.96 Å². The third-order valence-electron chi connectivity index (χ3n) is 3.57. The summed E-state index contributed by atoms with van der Waals surface area (Å²) in [4.78, 5) is 4.44. The molecule has 0 heterocycles. The van der Waals surface area contributed by atoms with Gasteiger partial charge in [0.05, 0.1) is 12.6 Å². The van der Waals surface area contributed by atoms with E-state index in [1.54, 1.807) is 19.2 Å². The van der Waals surface area contributed by atoms with Crippen LogP contribution in [0.4, 0.5) is 4.39 Å². The van der Waals surface area contributed by atoms with E-state index in [0.717, 1.165) is 18.4 Å². The number of aliphatic imine (C=N–C) groups is 1. The Morgan fingerprint density at radius 2 is 2.30 bits per heavy atom. The highest BCUT2D eigenvalue weighted by molar-refractivity contribution is 5.78. The van der Waals surface area contributed by atoms with Gasteiger partial charge in [0, 0.05) is 13.2 Å². The molecule has 20 heavy (non-hydrogen) atoms. The first-order chi connectivity index (χ1) is 9.58. The van der Waals surface area contributed by atoms with E-state index in [0.29, 0.717) is 18.5 Å². The summed E-state index contributed by atoms with van der Waals surface area (Å²) in [6.45, 7) is 2.58. The Hall–Kier alpha value is -1.62. The second-order valence-electron chi connectivity index (χ2n) is 5.39. The number of rotatable bonds is 5. The van der Waals surface area contributed by atoms with Gasteiger partial charge in [0.2, 0.25) is 0 Å². The van der Waals surface area contributed by atoms with Crippen LogP contribution in [-0.4, -0.2) is 31.8 Å². The zero-order valence-corrected chi connectivity index (χ0v) is 12.0. The van der Waals surface area contributed by atoms with Crippen molar-refractivity contribution in [3.05, 3.63) is 35.6 Å². The average Bonchev–Trinajstić information content (AvgIpc) is 2.33. The number of ether oxygens (including phenoxy) is 1. The van der Waals surface area contributed by atoms with Gasteiger partial charge in [0.1, 0.15) is 5.82 Å². The molecule has 0 bridgehead atoms. The van der Waals surface area contributed by atoms with Crippen LogP contribution in [0.2, 0.25) is 0 Å². The number of guanidine groups is 1. The summed E-state index contributed by atoms with van der Waals surface area (Å²) in [5.41, 5.74) is 6.90. The van der Waals surface area contributed by atoms with E-state index >= 15 is 0 Å². The fourth-order valence-corrected chi connectivity index (χ4v) is 2.50. The van der Waals surface area contributed by atoms with E-state index in [9.17, 15) is 4.39 Å². The molecule has 1 atom stereocenters. The molecule has 4 nitrogen and oxygen atoms in total. The van der Waals surface area contributed by atoms with Gasteiger partial charge < -0.3 is 15.8 Å². The van der Waals surface area contributed by atoms with E-state index in [1.165, 1.54) is 6.07 Å². The molecule has 1 saturated carbocycles. The number of halogens is 1. The van der Waals surface area contributed by atoms with Crippen LogP contribution in [0.15, 0.2) is 29.3 Å². The molecule has 110 valence electrons. The average molecular weight is 279 g/mol. The second kappa shape index (κ2) is 6.70. The van der Waals surface area contributed by atoms with Crippen LogP contribution >= 0.6 is 0 Å². The largest absolute Gasteiger partial charge is 0.383 e. The first-order valence-electron chi connectivity index (χ1n) is 6.92. The smallest absolute Gasteiger partial charge is 0.189 e. The van der Waals surface area contributed by atoms with Gasteiger partial charge in [-0.2, -0.15) is 0 Å². The molecule has 1 aliphatic carbocycles. The van der Waals surface area contributed by atoms with Crippen LogP contribution in [0.25, 0.3) is 0 Å². The fraction of sp³-hybridized carbons (Fsp3) is 0.533. The van der Waals surface area contributed by atoms with Crippen LogP contribution in [0.1, 0.15) is 31.2 Å². The molecule has 1 fully saturated rings. The molecule has 0 amide bonds. The van der Waals surface area contributed by atoms with Gasteiger partial charge in [-0.05, 0) is 43.4 Å². The Kier molecular flexibility index (Phi) is 4.95. The van der Waals surface area contributed by atoms with Gasteiger partial charge in [0.25, 0.3) is 0 Å². The van der Waals surface area contributed by atoms with Crippen molar-refractivity contribution in [2.45, 2.75) is 37.8 Å². The minimum atomic E-state index is -0.177. The molecule has 2 rings (SSSR count). The Morgan fingerprint density at radius 1 is 1.55 bits per heavy atom. The summed E-state index contributed by atoms with van der Waals surface area (Å²) in [7, 11) is 1.65. The van der Waals surface area contributed by atoms with Crippen LogP contribution < -0.4 is 11.1 Å². The number of hydrogen-bond acceptors (Lipinski definition) is 2. The van der Waals surface area contributed by atoms with Gasteiger partial charge in [-0.25, -0.2) is 4.39 Å². The van der Waals surface area contributed by atoms with Gasteiger partial charge in [-0.1, -0.05) is 12.1 Å². The molecule has 0 radical (unpaired) electrons. The lowest BCUT2D eigenvalue weighted by Crippen LogP contribution is -2.42. The van der Waals surface area contributed by atoms with E-state index in [4.69, 9.17) is 10.5 Å². The summed E-state index contributed by atoms with van der Waals surface area (Å²) in [5, 5.41) is 3.09. The fourth-order valence-electron chi connectivity index (χ4n) is 2.50. The molecule has 0 aliphatic heterocycles. The molecule has 0 spiro atoms. The number of hydrogen-bond donors (Lipinski definition) is 2. The Bertz CT molecular complexity index is 472. The van der Waals surface area contributed by atoms with Crippen LogP contribution in [-0.2, 0) is 4.74 Å². The highest BCUT2D eigenvalue weighted by atomic mass is 19.1. The number of nitrogens with zero attached hydrogens (tertiary/aromatic N) is 1. The lowest BCUT2D eigenvalue weighted by Gasteiger charge is -2.33. The van der Waals surface area contributed by atoms with Gasteiger partial charge >= 0.3 is 0 Å². The third kappa shape index (κ3) is 3.93. The minimum absolute atomic E-state index is 0.142. The molecule has 5 heteroatoms. The molecule has 1 aromatic rings. The van der Waals surface area contributed by atoms with Crippen LogP contribution in [0, 0.1) is 5.82 Å². The number of methoxy groups -OCH3 is 1. The lowest BCUT2D eigenvalue weighted by molar-refractivity contribution is 0.179. The SMILES string of the molecule is COCC(C)NC(N)=NC1CC(c2cccc(F)c2)C1. The van der Waals surface area contributed by atoms with Crippen molar-refractivity contribution in [1.82, 2.24) is 5.32 Å². The lowest BCUT2D eigenvalue weighted by atomic mass is 9.76. The molecule has 1 aromatic carbocycles. The quantitative estimate of drug-likeness (QED) is 0.640. The van der Waals surface area contributed by atoms with E-state index < -0.39 is 0 Å². The first kappa shape index (κ1) is 14.8. The topological polar surface area (TPSA) is 59.6 Å². The van der Waals surface area contributed by atoms with Crippen molar-refractivity contribution in [3.8, 4) is 0 Å². The number of benzene rings is 1. The standard InChI is InChI=1S/C15H22FN3O/c1-10(9-20-2)18-15(17)19-14-7-12(8-14)11-4-3-5-13(16)6-11/h3-6,10,12,14H,7-9H2,1-2H3,(H3,17,18,19). The molecular formula is C15H22FN3O. The maximum absolute atomic E-state index is 13.1. The summed E-state index contributed by atoms with van der Waals surface area (Å²) in [5.74, 6) is 0.671. The van der Waals surface area contributed by atoms with E-state index in [1.807, 2.05) is 13.0 Å². The van der Waals surface area contributed by atoms with Crippen molar-refractivity contribution in [1.29, 1.82) is 0 Å². The predicted octanol–water partition coefficient (Wildman–Crippen LogP) is 2.01. The van der Waals surface area contributed by atoms with Crippen LogP contribution in [0.5, 0.6) is 0 Å². The summed E-state index contributed by atoms with van der Waals surface area (Å²) < 4.78 is 18.2. The summed E-state index contributed by atoms with van der Waals surface area (Å²) in [6, 6.07) is 7.16. The molecule has 1 unspecified atom stereocenters. The monoisotopic (exact) mass is 279 g/mol. The predicted molar refractivity (Wildman–Crippen MR) is 78.3 cm³/mol. The van der Waals surface area contributed by atoms with Crippen molar-refractivity contribution in [2.75, 3.05) is 13.7 Å². The van der Waals surface area contributed by atoms with Crippen LogP contribution in [0.3, 0.4) is 0 Å². The molecule has 3 N–H and O–H groups in total. The highest BCUT2D eigenvalue weighted by Gasteiger charge is 2.30. The van der Waals surface area contributed by atoms with Crippen molar-refractivity contribution in [2.24, 2.45) is 10.7 Å².